The molecule has 0 atom stereocenters. The van der Waals surface area contributed by atoms with Crippen LogP contribution >= 0.6 is 11.6 Å². The highest BCUT2D eigenvalue weighted by molar-refractivity contribution is 6.32. The summed E-state index contributed by atoms with van der Waals surface area (Å²) in [4.78, 5) is 16.5. The van der Waals surface area contributed by atoms with Gasteiger partial charge in [-0.2, -0.15) is 0 Å². The number of benzene rings is 2. The third-order valence-electron chi connectivity index (χ3n) is 5.28. The third kappa shape index (κ3) is 3.55. The van der Waals surface area contributed by atoms with Gasteiger partial charge in [0.05, 0.1) is 10.5 Å². The Morgan fingerprint density at radius 1 is 1.10 bits per heavy atom. The summed E-state index contributed by atoms with van der Waals surface area (Å²) in [6.45, 7) is 2.71. The van der Waals surface area contributed by atoms with Gasteiger partial charge in [0.15, 0.2) is 0 Å². The van der Waals surface area contributed by atoms with Crippen molar-refractivity contribution in [3.63, 3.8) is 0 Å². The molecule has 1 aliphatic rings. The number of hydrogen-bond donors (Lipinski definition) is 1. The number of rotatable bonds is 3. The van der Waals surface area contributed by atoms with Crippen LogP contribution < -0.4 is 10.3 Å². The summed E-state index contributed by atoms with van der Waals surface area (Å²) in [5, 5.41) is 1.80. The van der Waals surface area contributed by atoms with Crippen molar-refractivity contribution < 1.29 is 4.74 Å². The van der Waals surface area contributed by atoms with E-state index in [1.807, 2.05) is 24.3 Å². The van der Waals surface area contributed by atoms with Crippen LogP contribution in [0.3, 0.4) is 0 Å². The van der Waals surface area contributed by atoms with Crippen molar-refractivity contribution in [1.29, 1.82) is 0 Å². The van der Waals surface area contributed by atoms with E-state index in [-0.39, 0.29) is 5.56 Å². The van der Waals surface area contributed by atoms with Crippen molar-refractivity contribution in [2.45, 2.75) is 13.1 Å². The fourth-order valence-corrected chi connectivity index (χ4v) is 4.23. The van der Waals surface area contributed by atoms with Crippen LogP contribution in [0.5, 0.6) is 5.75 Å². The predicted molar refractivity (Wildman–Crippen MR) is 115 cm³/mol. The van der Waals surface area contributed by atoms with E-state index >= 15 is 0 Å². The van der Waals surface area contributed by atoms with Gasteiger partial charge in [-0.3, -0.25) is 9.69 Å². The molecule has 146 valence electrons. The van der Waals surface area contributed by atoms with Gasteiger partial charge in [-0.25, -0.2) is 0 Å². The molecule has 0 saturated carbocycles. The fraction of sp³-hybridized carbons (Fsp3) is 0.174. The average Bonchev–Trinajstić information content (AvgIpc) is 3.03. The minimum absolute atomic E-state index is 0.0845. The Kier molecular flexibility index (Phi) is 4.62. The molecule has 5 nitrogen and oxygen atoms in total. The number of pyridine rings is 1. The van der Waals surface area contributed by atoms with Crippen LogP contribution in [0, 0.1) is 0 Å². The molecule has 29 heavy (non-hydrogen) atoms. The summed E-state index contributed by atoms with van der Waals surface area (Å²) in [5.41, 5.74) is 4.09. The maximum absolute atomic E-state index is 11.6. The minimum Gasteiger partial charge on any atom is -0.490 e. The quantitative estimate of drug-likeness (QED) is 0.550. The Labute approximate surface area is 173 Å². The molecular weight excluding hydrogens is 386 g/mol. The SMILES string of the molecule is O=c1cc(CN2CCOc3c(Cl)cc(-n4ccc5ccccc54)cc3C2)cc[nH]1. The largest absolute Gasteiger partial charge is 0.490 e. The molecule has 5 rings (SSSR count). The summed E-state index contributed by atoms with van der Waals surface area (Å²) in [7, 11) is 0. The number of aromatic nitrogens is 2. The summed E-state index contributed by atoms with van der Waals surface area (Å²) >= 11 is 6.61. The van der Waals surface area contributed by atoms with E-state index in [0.29, 0.717) is 24.7 Å². The summed E-state index contributed by atoms with van der Waals surface area (Å²) in [6.07, 6.45) is 3.75. The lowest BCUT2D eigenvalue weighted by molar-refractivity contribution is 0.219. The lowest BCUT2D eigenvalue weighted by atomic mass is 10.1. The zero-order chi connectivity index (χ0) is 19.8. The molecule has 0 unspecified atom stereocenters. The Morgan fingerprint density at radius 2 is 2.00 bits per heavy atom. The van der Waals surface area contributed by atoms with E-state index in [0.717, 1.165) is 34.6 Å². The van der Waals surface area contributed by atoms with Crippen molar-refractivity contribution in [2.75, 3.05) is 13.2 Å². The van der Waals surface area contributed by atoms with Crippen molar-refractivity contribution in [1.82, 2.24) is 14.5 Å². The number of para-hydroxylation sites is 1. The van der Waals surface area contributed by atoms with Gasteiger partial charge < -0.3 is 14.3 Å². The van der Waals surface area contributed by atoms with Gasteiger partial charge in [0.2, 0.25) is 5.56 Å². The van der Waals surface area contributed by atoms with Gasteiger partial charge in [0.25, 0.3) is 0 Å². The second-order valence-corrected chi connectivity index (χ2v) is 7.69. The zero-order valence-electron chi connectivity index (χ0n) is 15.8. The first-order valence-electron chi connectivity index (χ1n) is 9.59. The monoisotopic (exact) mass is 405 g/mol. The minimum atomic E-state index is -0.0845. The number of fused-ring (bicyclic) bond motifs is 2. The van der Waals surface area contributed by atoms with Gasteiger partial charge in [-0.05, 0) is 41.3 Å². The molecular formula is C23H20ClN3O2. The highest BCUT2D eigenvalue weighted by Crippen LogP contribution is 2.35. The summed E-state index contributed by atoms with van der Waals surface area (Å²) in [5.74, 6) is 0.750. The van der Waals surface area contributed by atoms with E-state index in [1.54, 1.807) is 12.3 Å². The number of nitrogens with one attached hydrogen (secondary N) is 1. The highest BCUT2D eigenvalue weighted by Gasteiger charge is 2.20. The standard InChI is InChI=1S/C23H20ClN3O2/c24-20-13-19(27-8-6-17-3-1-2-4-21(17)27)12-18-15-26(9-10-29-23(18)20)14-16-5-7-25-22(28)11-16/h1-8,11-13H,9-10,14-15H2,(H,25,28). The Morgan fingerprint density at radius 3 is 2.90 bits per heavy atom. The summed E-state index contributed by atoms with van der Waals surface area (Å²) < 4.78 is 8.13. The van der Waals surface area contributed by atoms with E-state index in [4.69, 9.17) is 16.3 Å². The topological polar surface area (TPSA) is 50.3 Å². The molecule has 0 aliphatic carbocycles. The first kappa shape index (κ1) is 18.0. The highest BCUT2D eigenvalue weighted by atomic mass is 35.5. The van der Waals surface area contributed by atoms with Crippen LogP contribution in [0.1, 0.15) is 11.1 Å². The molecule has 3 heterocycles. The molecule has 0 radical (unpaired) electrons. The van der Waals surface area contributed by atoms with Crippen LogP contribution in [-0.4, -0.2) is 27.6 Å². The number of halogens is 1. The van der Waals surface area contributed by atoms with Crippen LogP contribution in [0.4, 0.5) is 0 Å². The Hall–Kier alpha value is -3.02. The van der Waals surface area contributed by atoms with Crippen molar-refractivity contribution in [3.05, 3.63) is 93.5 Å². The lowest BCUT2D eigenvalue weighted by Crippen LogP contribution is -2.25. The number of ether oxygens (including phenoxy) is 1. The van der Waals surface area contributed by atoms with Crippen LogP contribution in [-0.2, 0) is 13.1 Å². The van der Waals surface area contributed by atoms with Crippen molar-refractivity contribution in [2.24, 2.45) is 0 Å². The maximum atomic E-state index is 11.6. The van der Waals surface area contributed by atoms with Crippen LogP contribution in [0.2, 0.25) is 5.02 Å². The van der Waals surface area contributed by atoms with Gasteiger partial charge in [0, 0.05) is 49.3 Å². The van der Waals surface area contributed by atoms with Gasteiger partial charge in [-0.1, -0.05) is 29.8 Å². The molecule has 1 N–H and O–H groups in total. The van der Waals surface area contributed by atoms with Crippen molar-refractivity contribution >= 4 is 22.5 Å². The molecule has 0 bridgehead atoms. The number of nitrogens with zero attached hydrogens (tertiary/aromatic N) is 2. The number of H-pyrrole nitrogens is 1. The molecule has 0 spiro atoms. The zero-order valence-corrected chi connectivity index (χ0v) is 16.5. The second-order valence-electron chi connectivity index (χ2n) is 7.28. The maximum Gasteiger partial charge on any atom is 0.248 e. The molecule has 6 heteroatoms. The molecule has 0 saturated heterocycles. The molecule has 0 fully saturated rings. The summed E-state index contributed by atoms with van der Waals surface area (Å²) in [6, 6.07) is 18.1. The predicted octanol–water partition coefficient (Wildman–Crippen LogP) is 4.37. The van der Waals surface area contributed by atoms with Gasteiger partial charge in [-0.15, -0.1) is 0 Å². The number of aromatic amines is 1. The van der Waals surface area contributed by atoms with Crippen LogP contribution in [0.25, 0.3) is 16.6 Å². The van der Waals surface area contributed by atoms with Gasteiger partial charge in [0.1, 0.15) is 12.4 Å². The fourth-order valence-electron chi connectivity index (χ4n) is 3.94. The molecule has 0 amide bonds. The third-order valence-corrected chi connectivity index (χ3v) is 5.56. The van der Waals surface area contributed by atoms with E-state index in [2.05, 4.69) is 44.9 Å². The average molecular weight is 406 g/mol. The Bertz CT molecular complexity index is 1240. The van der Waals surface area contributed by atoms with Crippen molar-refractivity contribution in [3.8, 4) is 11.4 Å². The second kappa shape index (κ2) is 7.43. The Balaban J connectivity index is 1.51. The normalized spacial score (nSPS) is 14.4. The van der Waals surface area contributed by atoms with Crippen LogP contribution in [0.15, 0.2) is 71.8 Å². The molecule has 1 aliphatic heterocycles. The first-order valence-corrected chi connectivity index (χ1v) is 9.97. The van der Waals surface area contributed by atoms with Gasteiger partial charge >= 0.3 is 0 Å². The van der Waals surface area contributed by atoms with E-state index in [1.165, 1.54) is 5.39 Å². The smallest absolute Gasteiger partial charge is 0.248 e. The lowest BCUT2D eigenvalue weighted by Gasteiger charge is -2.19. The molecule has 2 aromatic carbocycles. The molecule has 2 aromatic heterocycles. The number of hydrogen-bond acceptors (Lipinski definition) is 3. The van der Waals surface area contributed by atoms with E-state index < -0.39 is 0 Å². The first-order chi connectivity index (χ1) is 14.2. The van der Waals surface area contributed by atoms with E-state index in [9.17, 15) is 4.79 Å². The molecule has 4 aromatic rings.